The van der Waals surface area contributed by atoms with Crippen LogP contribution in [0.15, 0.2) is 54.8 Å². The van der Waals surface area contributed by atoms with Gasteiger partial charge < -0.3 is 14.2 Å². The summed E-state index contributed by atoms with van der Waals surface area (Å²) in [5, 5.41) is 0. The smallest absolute Gasteiger partial charge is 0.130 e. The van der Waals surface area contributed by atoms with Gasteiger partial charge in [0.2, 0.25) is 0 Å². The van der Waals surface area contributed by atoms with E-state index in [-0.39, 0.29) is 0 Å². The third-order valence-corrected chi connectivity index (χ3v) is 2.84. The molecule has 3 nitrogen and oxygen atoms in total. The van der Waals surface area contributed by atoms with Crippen molar-refractivity contribution in [3.63, 3.8) is 0 Å². The first-order valence-electron chi connectivity index (χ1n) is 6.37. The van der Waals surface area contributed by atoms with Crippen molar-refractivity contribution >= 4 is 6.08 Å². The van der Waals surface area contributed by atoms with Crippen molar-refractivity contribution in [2.24, 2.45) is 0 Å². The van der Waals surface area contributed by atoms with Crippen molar-refractivity contribution in [2.45, 2.75) is 6.61 Å². The van der Waals surface area contributed by atoms with E-state index in [1.807, 2.05) is 54.6 Å². The van der Waals surface area contributed by atoms with Gasteiger partial charge in [0.25, 0.3) is 0 Å². The second-order valence-corrected chi connectivity index (χ2v) is 4.22. The average molecular weight is 270 g/mol. The van der Waals surface area contributed by atoms with Crippen molar-refractivity contribution in [2.75, 3.05) is 14.2 Å². The van der Waals surface area contributed by atoms with Gasteiger partial charge in [-0.05, 0) is 23.8 Å². The lowest BCUT2D eigenvalue weighted by Crippen LogP contribution is -1.97. The number of ether oxygens (including phenoxy) is 3. The maximum absolute atomic E-state index is 5.88. The van der Waals surface area contributed by atoms with Gasteiger partial charge in [-0.3, -0.25) is 0 Å². The minimum atomic E-state index is 0.516. The van der Waals surface area contributed by atoms with Gasteiger partial charge >= 0.3 is 0 Å². The van der Waals surface area contributed by atoms with Crippen LogP contribution < -0.4 is 9.47 Å². The van der Waals surface area contributed by atoms with Crippen molar-refractivity contribution < 1.29 is 14.2 Å². The Kier molecular flexibility index (Phi) is 5.07. The molecule has 0 aliphatic carbocycles. The topological polar surface area (TPSA) is 27.7 Å². The van der Waals surface area contributed by atoms with E-state index in [0.29, 0.717) is 6.61 Å². The number of hydrogen-bond acceptors (Lipinski definition) is 3. The van der Waals surface area contributed by atoms with E-state index >= 15 is 0 Å². The molecule has 0 N–H and O–H groups in total. The van der Waals surface area contributed by atoms with Crippen molar-refractivity contribution in [1.29, 1.82) is 0 Å². The molecule has 2 rings (SSSR count). The molecule has 0 saturated carbocycles. The molecule has 0 aliphatic heterocycles. The molecule has 2 aromatic rings. The first-order valence-corrected chi connectivity index (χ1v) is 6.37. The lowest BCUT2D eigenvalue weighted by atomic mass is 10.2. The summed E-state index contributed by atoms with van der Waals surface area (Å²) in [5.74, 6) is 1.53. The third-order valence-electron chi connectivity index (χ3n) is 2.84. The van der Waals surface area contributed by atoms with Crippen molar-refractivity contribution in [3.05, 3.63) is 65.9 Å². The summed E-state index contributed by atoms with van der Waals surface area (Å²) >= 11 is 0. The van der Waals surface area contributed by atoms with Gasteiger partial charge in [-0.25, -0.2) is 0 Å². The summed E-state index contributed by atoms with van der Waals surface area (Å²) in [6.07, 6.45) is 3.48. The Morgan fingerprint density at radius 1 is 1.00 bits per heavy atom. The molecule has 0 spiro atoms. The van der Waals surface area contributed by atoms with Crippen LogP contribution in [0.1, 0.15) is 11.1 Å². The third kappa shape index (κ3) is 3.79. The first-order chi connectivity index (χ1) is 9.83. The molecular weight excluding hydrogens is 252 g/mol. The van der Waals surface area contributed by atoms with Gasteiger partial charge in [0.1, 0.15) is 18.1 Å². The summed E-state index contributed by atoms with van der Waals surface area (Å²) < 4.78 is 16.1. The van der Waals surface area contributed by atoms with Gasteiger partial charge in [0.05, 0.1) is 20.5 Å². The lowest BCUT2D eigenvalue weighted by Gasteiger charge is -2.11. The van der Waals surface area contributed by atoms with Crippen LogP contribution in [-0.4, -0.2) is 14.2 Å². The van der Waals surface area contributed by atoms with Gasteiger partial charge in [-0.2, -0.15) is 0 Å². The highest BCUT2D eigenvalue weighted by Crippen LogP contribution is 2.26. The molecule has 0 aromatic heterocycles. The minimum Gasteiger partial charge on any atom is -0.504 e. The van der Waals surface area contributed by atoms with Crippen LogP contribution in [0.25, 0.3) is 6.08 Å². The van der Waals surface area contributed by atoms with Gasteiger partial charge in [0.15, 0.2) is 0 Å². The predicted octanol–water partition coefficient (Wildman–Crippen LogP) is 3.89. The summed E-state index contributed by atoms with van der Waals surface area (Å²) in [7, 11) is 3.26. The number of benzene rings is 2. The van der Waals surface area contributed by atoms with Crippen LogP contribution in [0.4, 0.5) is 0 Å². The fourth-order valence-electron chi connectivity index (χ4n) is 1.78. The lowest BCUT2D eigenvalue weighted by molar-refractivity contribution is 0.302. The zero-order valence-electron chi connectivity index (χ0n) is 11.7. The Morgan fingerprint density at radius 2 is 1.80 bits per heavy atom. The van der Waals surface area contributed by atoms with E-state index < -0.39 is 0 Å². The number of rotatable bonds is 6. The van der Waals surface area contributed by atoms with E-state index in [1.165, 1.54) is 0 Å². The standard InChI is InChI=1S/C17H18O3/c1-18-11-10-15-8-9-16(19-2)12-17(15)20-13-14-6-4-3-5-7-14/h3-12H,13H2,1-2H3/b11-10+. The largest absolute Gasteiger partial charge is 0.504 e. The fourth-order valence-corrected chi connectivity index (χ4v) is 1.78. The zero-order valence-corrected chi connectivity index (χ0v) is 11.7. The second kappa shape index (κ2) is 7.24. The van der Waals surface area contributed by atoms with E-state index in [9.17, 15) is 0 Å². The molecule has 2 aromatic carbocycles. The molecule has 0 heterocycles. The van der Waals surface area contributed by atoms with Crippen LogP contribution in [0, 0.1) is 0 Å². The first kappa shape index (κ1) is 14.0. The van der Waals surface area contributed by atoms with Crippen LogP contribution in [0.5, 0.6) is 11.5 Å². The Bertz CT molecular complexity index is 562. The number of methoxy groups -OCH3 is 2. The number of hydrogen-bond donors (Lipinski definition) is 0. The summed E-state index contributed by atoms with van der Waals surface area (Å²) in [6.45, 7) is 0.516. The van der Waals surface area contributed by atoms with E-state index in [4.69, 9.17) is 14.2 Å². The monoisotopic (exact) mass is 270 g/mol. The van der Waals surface area contributed by atoms with Crippen LogP contribution in [0.2, 0.25) is 0 Å². The maximum atomic E-state index is 5.88. The van der Waals surface area contributed by atoms with Crippen LogP contribution in [-0.2, 0) is 11.3 Å². The quantitative estimate of drug-likeness (QED) is 0.745. The molecule has 0 bridgehead atoms. The highest BCUT2D eigenvalue weighted by Gasteiger charge is 2.04. The van der Waals surface area contributed by atoms with Crippen LogP contribution >= 0.6 is 0 Å². The summed E-state index contributed by atoms with van der Waals surface area (Å²) in [6, 6.07) is 15.8. The molecule has 104 valence electrons. The zero-order chi connectivity index (χ0) is 14.2. The highest BCUT2D eigenvalue weighted by atomic mass is 16.5. The maximum Gasteiger partial charge on any atom is 0.130 e. The highest BCUT2D eigenvalue weighted by molar-refractivity contribution is 5.58. The van der Waals surface area contributed by atoms with E-state index in [1.54, 1.807) is 20.5 Å². The molecule has 0 amide bonds. The molecule has 0 aliphatic rings. The predicted molar refractivity (Wildman–Crippen MR) is 79.8 cm³/mol. The summed E-state index contributed by atoms with van der Waals surface area (Å²) in [4.78, 5) is 0. The molecule has 3 heteroatoms. The van der Waals surface area contributed by atoms with E-state index in [2.05, 4.69) is 0 Å². The molecule has 0 unspecified atom stereocenters. The molecule has 0 radical (unpaired) electrons. The summed E-state index contributed by atoms with van der Waals surface area (Å²) in [5.41, 5.74) is 2.07. The van der Waals surface area contributed by atoms with Crippen molar-refractivity contribution in [1.82, 2.24) is 0 Å². The minimum absolute atomic E-state index is 0.516. The average Bonchev–Trinajstić information content (AvgIpc) is 2.52. The Balaban J connectivity index is 2.17. The van der Waals surface area contributed by atoms with Gasteiger partial charge in [-0.1, -0.05) is 30.3 Å². The Hall–Kier alpha value is -2.42. The normalized spacial score (nSPS) is 10.5. The van der Waals surface area contributed by atoms with Crippen LogP contribution in [0.3, 0.4) is 0 Å². The Labute approximate surface area is 119 Å². The Morgan fingerprint density at radius 3 is 2.50 bits per heavy atom. The molecule has 0 fully saturated rings. The van der Waals surface area contributed by atoms with Crippen molar-refractivity contribution in [3.8, 4) is 11.5 Å². The second-order valence-electron chi connectivity index (χ2n) is 4.22. The van der Waals surface area contributed by atoms with Gasteiger partial charge in [-0.15, -0.1) is 0 Å². The molecule has 0 saturated heterocycles. The molecule has 0 atom stereocenters. The van der Waals surface area contributed by atoms with E-state index in [0.717, 1.165) is 22.6 Å². The molecule has 20 heavy (non-hydrogen) atoms. The molecular formula is C17H18O3. The fraction of sp³-hybridized carbons (Fsp3) is 0.176. The van der Waals surface area contributed by atoms with Gasteiger partial charge in [0, 0.05) is 11.6 Å². The SMILES string of the molecule is CO/C=C/c1ccc(OC)cc1OCc1ccccc1.